The number of amides is 1. The van der Waals surface area contributed by atoms with Crippen LogP contribution >= 0.6 is 0 Å². The van der Waals surface area contributed by atoms with E-state index in [0.29, 0.717) is 12.3 Å². The zero-order chi connectivity index (χ0) is 17.1. The molecule has 132 valence electrons. The summed E-state index contributed by atoms with van der Waals surface area (Å²) in [5.41, 5.74) is 1.06. The Kier molecular flexibility index (Phi) is 4.50. The van der Waals surface area contributed by atoms with E-state index in [1.165, 1.54) is 0 Å². The Labute approximate surface area is 146 Å². The van der Waals surface area contributed by atoms with Gasteiger partial charge in [-0.2, -0.15) is 0 Å². The molecule has 0 saturated carbocycles. The van der Waals surface area contributed by atoms with Gasteiger partial charge in [-0.25, -0.2) is 4.68 Å². The maximum absolute atomic E-state index is 12.5. The maximum atomic E-state index is 12.5. The minimum Gasteiger partial charge on any atom is -0.381 e. The van der Waals surface area contributed by atoms with Crippen molar-refractivity contribution < 1.29 is 14.3 Å². The number of benzene rings is 1. The highest BCUT2D eigenvalue weighted by molar-refractivity contribution is 5.92. The number of rotatable bonds is 3. The van der Waals surface area contributed by atoms with Crippen molar-refractivity contribution in [3.05, 3.63) is 42.2 Å². The average Bonchev–Trinajstić information content (AvgIpc) is 3.14. The fourth-order valence-electron chi connectivity index (χ4n) is 3.58. The summed E-state index contributed by atoms with van der Waals surface area (Å²) in [6, 6.07) is 9.72. The number of aromatic nitrogens is 3. The molecule has 2 aliphatic rings. The van der Waals surface area contributed by atoms with E-state index < -0.39 is 0 Å². The van der Waals surface area contributed by atoms with Gasteiger partial charge in [0.25, 0.3) is 5.91 Å². The summed E-state index contributed by atoms with van der Waals surface area (Å²) in [6.07, 6.45) is 5.09. The van der Waals surface area contributed by atoms with Gasteiger partial charge in [-0.1, -0.05) is 23.4 Å². The summed E-state index contributed by atoms with van der Waals surface area (Å²) in [5.74, 6) is -0.184. The molecule has 1 N–H and O–H groups in total. The highest BCUT2D eigenvalue weighted by Crippen LogP contribution is 2.34. The molecule has 0 aliphatic carbocycles. The Bertz CT molecular complexity index is 719. The monoisotopic (exact) mass is 342 g/mol. The summed E-state index contributed by atoms with van der Waals surface area (Å²) in [4.78, 5) is 12.5. The first-order valence-electron chi connectivity index (χ1n) is 8.74. The molecule has 2 fully saturated rings. The van der Waals surface area contributed by atoms with E-state index in [0.717, 1.165) is 44.6 Å². The normalized spacial score (nSPS) is 22.6. The predicted molar refractivity (Wildman–Crippen MR) is 90.6 cm³/mol. The fraction of sp³-hybridized carbons (Fsp3) is 0.500. The van der Waals surface area contributed by atoms with Crippen LogP contribution in [-0.2, 0) is 9.47 Å². The van der Waals surface area contributed by atoms with Crippen molar-refractivity contribution in [2.45, 2.75) is 37.3 Å². The quantitative estimate of drug-likeness (QED) is 0.919. The van der Waals surface area contributed by atoms with Crippen molar-refractivity contribution >= 4 is 5.91 Å². The van der Waals surface area contributed by atoms with Crippen molar-refractivity contribution in [1.29, 1.82) is 0 Å². The Morgan fingerprint density at radius 3 is 2.80 bits per heavy atom. The molecule has 0 unspecified atom stereocenters. The van der Waals surface area contributed by atoms with E-state index >= 15 is 0 Å². The van der Waals surface area contributed by atoms with E-state index in [4.69, 9.17) is 9.47 Å². The van der Waals surface area contributed by atoms with E-state index in [1.807, 2.05) is 30.3 Å². The molecule has 25 heavy (non-hydrogen) atoms. The van der Waals surface area contributed by atoms with Crippen LogP contribution in [0.2, 0.25) is 0 Å². The standard InChI is InChI=1S/C18H22N4O3/c23-17(16-13-22(21-20-16)15-4-2-1-3-5-15)19-14-6-9-25-18(12-14)7-10-24-11-8-18/h1-5,13-14H,6-12H2,(H,19,23)/t14-/m0/s1. The third-order valence-electron chi connectivity index (χ3n) is 4.98. The summed E-state index contributed by atoms with van der Waals surface area (Å²) in [5, 5.41) is 11.2. The summed E-state index contributed by atoms with van der Waals surface area (Å²) in [6.45, 7) is 2.12. The third kappa shape index (κ3) is 3.57. The first-order valence-corrected chi connectivity index (χ1v) is 8.74. The van der Waals surface area contributed by atoms with Crippen molar-refractivity contribution in [3.8, 4) is 5.69 Å². The molecule has 2 aromatic rings. The lowest BCUT2D eigenvalue weighted by molar-refractivity contribution is -0.139. The number of ether oxygens (including phenoxy) is 2. The fourth-order valence-corrected chi connectivity index (χ4v) is 3.58. The van der Waals surface area contributed by atoms with E-state index in [-0.39, 0.29) is 17.6 Å². The Morgan fingerprint density at radius 1 is 1.20 bits per heavy atom. The van der Waals surface area contributed by atoms with Crippen LogP contribution in [0.4, 0.5) is 0 Å². The van der Waals surface area contributed by atoms with Crippen LogP contribution in [-0.4, -0.2) is 52.4 Å². The van der Waals surface area contributed by atoms with Crippen molar-refractivity contribution in [2.24, 2.45) is 0 Å². The van der Waals surface area contributed by atoms with Crippen molar-refractivity contribution in [2.75, 3.05) is 19.8 Å². The zero-order valence-corrected chi connectivity index (χ0v) is 14.1. The molecule has 0 radical (unpaired) electrons. The molecule has 7 heteroatoms. The van der Waals surface area contributed by atoms with E-state index in [9.17, 15) is 4.79 Å². The van der Waals surface area contributed by atoms with Crippen LogP contribution in [0.5, 0.6) is 0 Å². The second-order valence-corrected chi connectivity index (χ2v) is 6.69. The van der Waals surface area contributed by atoms with Crippen LogP contribution in [0.25, 0.3) is 5.69 Å². The zero-order valence-electron chi connectivity index (χ0n) is 14.1. The van der Waals surface area contributed by atoms with E-state index in [2.05, 4.69) is 15.6 Å². The lowest BCUT2D eigenvalue weighted by atomic mass is 9.84. The van der Waals surface area contributed by atoms with Crippen LogP contribution < -0.4 is 5.32 Å². The van der Waals surface area contributed by atoms with Gasteiger partial charge in [-0.15, -0.1) is 5.10 Å². The highest BCUT2D eigenvalue weighted by Gasteiger charge is 2.39. The second-order valence-electron chi connectivity index (χ2n) is 6.69. The summed E-state index contributed by atoms with van der Waals surface area (Å²) >= 11 is 0. The number of hydrogen-bond donors (Lipinski definition) is 1. The van der Waals surface area contributed by atoms with Gasteiger partial charge >= 0.3 is 0 Å². The topological polar surface area (TPSA) is 78.3 Å². The van der Waals surface area contributed by atoms with E-state index in [1.54, 1.807) is 10.9 Å². The molecule has 1 atom stereocenters. The lowest BCUT2D eigenvalue weighted by Crippen LogP contribution is -2.51. The minimum absolute atomic E-state index is 0.0984. The highest BCUT2D eigenvalue weighted by atomic mass is 16.5. The molecule has 7 nitrogen and oxygen atoms in total. The van der Waals surface area contributed by atoms with Crippen LogP contribution in [0.3, 0.4) is 0 Å². The molecule has 0 bridgehead atoms. The smallest absolute Gasteiger partial charge is 0.273 e. The molecule has 2 aliphatic heterocycles. The van der Waals surface area contributed by atoms with Crippen molar-refractivity contribution in [3.63, 3.8) is 0 Å². The van der Waals surface area contributed by atoms with Gasteiger partial charge in [-0.3, -0.25) is 4.79 Å². The largest absolute Gasteiger partial charge is 0.381 e. The Balaban J connectivity index is 1.41. The van der Waals surface area contributed by atoms with Gasteiger partial charge in [0.05, 0.1) is 17.5 Å². The number of nitrogens with zero attached hydrogens (tertiary/aromatic N) is 3. The van der Waals surface area contributed by atoms with Crippen LogP contribution in [0.1, 0.15) is 36.2 Å². The predicted octanol–water partition coefficient (Wildman–Crippen LogP) is 1.73. The number of carbonyl (C=O) groups is 1. The number of para-hydroxylation sites is 1. The Hall–Kier alpha value is -2.25. The second kappa shape index (κ2) is 6.93. The molecule has 3 heterocycles. The van der Waals surface area contributed by atoms with Gasteiger partial charge in [0, 0.05) is 25.9 Å². The Morgan fingerprint density at radius 2 is 2.00 bits per heavy atom. The number of hydrogen-bond acceptors (Lipinski definition) is 5. The molecule has 1 amide bonds. The number of nitrogens with one attached hydrogen (secondary N) is 1. The first kappa shape index (κ1) is 16.2. The van der Waals surface area contributed by atoms with Gasteiger partial charge in [0.1, 0.15) is 0 Å². The van der Waals surface area contributed by atoms with Gasteiger partial charge in [-0.05, 0) is 37.8 Å². The van der Waals surface area contributed by atoms with Crippen molar-refractivity contribution in [1.82, 2.24) is 20.3 Å². The maximum Gasteiger partial charge on any atom is 0.273 e. The lowest BCUT2D eigenvalue weighted by Gasteiger charge is -2.43. The molecule has 1 aromatic carbocycles. The molecule has 1 aromatic heterocycles. The molecule has 2 saturated heterocycles. The van der Waals surface area contributed by atoms with Gasteiger partial charge < -0.3 is 14.8 Å². The van der Waals surface area contributed by atoms with Gasteiger partial charge in [0.15, 0.2) is 5.69 Å². The molecular weight excluding hydrogens is 320 g/mol. The first-order chi connectivity index (χ1) is 12.2. The van der Waals surface area contributed by atoms with Crippen LogP contribution in [0.15, 0.2) is 36.5 Å². The average molecular weight is 342 g/mol. The molecule has 4 rings (SSSR count). The third-order valence-corrected chi connectivity index (χ3v) is 4.98. The van der Waals surface area contributed by atoms with Crippen LogP contribution in [0, 0.1) is 0 Å². The molecular formula is C18H22N4O3. The summed E-state index contributed by atoms with van der Waals surface area (Å²) < 4.78 is 13.1. The van der Waals surface area contributed by atoms with Gasteiger partial charge in [0.2, 0.25) is 0 Å². The molecule has 1 spiro atoms. The summed E-state index contributed by atoms with van der Waals surface area (Å²) in [7, 11) is 0. The minimum atomic E-state index is -0.184. The SMILES string of the molecule is O=C(N[C@H]1CCOC2(CCOCC2)C1)c1cn(-c2ccccc2)nn1. The number of carbonyl (C=O) groups excluding carboxylic acids is 1.